The van der Waals surface area contributed by atoms with Gasteiger partial charge in [0.25, 0.3) is 0 Å². The van der Waals surface area contributed by atoms with Crippen molar-refractivity contribution in [2.75, 3.05) is 19.4 Å². The van der Waals surface area contributed by atoms with Gasteiger partial charge in [-0.1, -0.05) is 25.7 Å². The zero-order chi connectivity index (χ0) is 15.1. The first-order valence-electron chi connectivity index (χ1n) is 7.72. The Morgan fingerprint density at radius 3 is 2.29 bits per heavy atom. The van der Waals surface area contributed by atoms with Crippen molar-refractivity contribution in [3.63, 3.8) is 0 Å². The molecule has 5 heteroatoms. The van der Waals surface area contributed by atoms with Crippen molar-refractivity contribution in [2.24, 2.45) is 0 Å². The molecule has 4 nitrogen and oxygen atoms in total. The van der Waals surface area contributed by atoms with E-state index in [9.17, 15) is 8.42 Å². The fraction of sp³-hybridized carbons (Fsp3) is 0.625. The van der Waals surface area contributed by atoms with Crippen LogP contribution in [0.5, 0.6) is 5.75 Å². The van der Waals surface area contributed by atoms with Crippen LogP contribution in [0.3, 0.4) is 0 Å². The molecule has 0 heterocycles. The molecule has 0 aliphatic heterocycles. The molecule has 0 spiro atoms. The van der Waals surface area contributed by atoms with E-state index in [2.05, 4.69) is 5.32 Å². The van der Waals surface area contributed by atoms with Crippen molar-refractivity contribution in [1.29, 1.82) is 0 Å². The van der Waals surface area contributed by atoms with E-state index in [1.165, 1.54) is 44.8 Å². The molecule has 2 rings (SSSR count). The van der Waals surface area contributed by atoms with E-state index in [0.717, 1.165) is 6.54 Å². The van der Waals surface area contributed by atoms with Crippen LogP contribution in [0, 0.1) is 0 Å². The van der Waals surface area contributed by atoms with Crippen molar-refractivity contribution in [1.82, 2.24) is 5.32 Å². The van der Waals surface area contributed by atoms with Crippen molar-refractivity contribution < 1.29 is 13.2 Å². The highest BCUT2D eigenvalue weighted by molar-refractivity contribution is 7.90. The smallest absolute Gasteiger partial charge is 0.175 e. The van der Waals surface area contributed by atoms with Crippen LogP contribution in [0.25, 0.3) is 0 Å². The van der Waals surface area contributed by atoms with Crippen molar-refractivity contribution >= 4 is 9.84 Å². The van der Waals surface area contributed by atoms with Gasteiger partial charge in [-0.2, -0.15) is 0 Å². The van der Waals surface area contributed by atoms with Gasteiger partial charge in [0.15, 0.2) is 9.84 Å². The van der Waals surface area contributed by atoms with Crippen molar-refractivity contribution in [3.8, 4) is 5.75 Å². The average molecular weight is 311 g/mol. The third-order valence-electron chi connectivity index (χ3n) is 3.91. The lowest BCUT2D eigenvalue weighted by Crippen LogP contribution is -2.32. The normalized spacial score (nSPS) is 17.4. The Kier molecular flexibility index (Phi) is 6.06. The summed E-state index contributed by atoms with van der Waals surface area (Å²) in [4.78, 5) is 0.325. The summed E-state index contributed by atoms with van der Waals surface area (Å²) >= 11 is 0. The maximum Gasteiger partial charge on any atom is 0.175 e. The second-order valence-corrected chi connectivity index (χ2v) is 7.75. The fourth-order valence-electron chi connectivity index (χ4n) is 2.70. The Morgan fingerprint density at radius 1 is 1.10 bits per heavy atom. The van der Waals surface area contributed by atoms with Crippen LogP contribution < -0.4 is 10.1 Å². The first-order valence-corrected chi connectivity index (χ1v) is 9.61. The summed E-state index contributed by atoms with van der Waals surface area (Å²) in [5.74, 6) is 0.713. The quantitative estimate of drug-likeness (QED) is 0.648. The van der Waals surface area contributed by atoms with E-state index in [4.69, 9.17) is 4.74 Å². The van der Waals surface area contributed by atoms with Gasteiger partial charge in [0.2, 0.25) is 0 Å². The summed E-state index contributed by atoms with van der Waals surface area (Å²) in [6, 6.07) is 7.22. The van der Waals surface area contributed by atoms with Crippen LogP contribution in [0.15, 0.2) is 29.2 Å². The topological polar surface area (TPSA) is 55.4 Å². The predicted octanol–water partition coefficient (Wildman–Crippen LogP) is 2.78. The lowest BCUT2D eigenvalue weighted by molar-refractivity contribution is 0.300. The standard InChI is InChI=1S/C16H25NO3S/c1-21(18,19)16-10-8-15(9-11-16)20-13-12-17-14-6-4-2-3-5-7-14/h8-11,14,17H,2-7,12-13H2,1H3. The number of hydrogen-bond acceptors (Lipinski definition) is 4. The van der Waals surface area contributed by atoms with Crippen LogP contribution in [-0.4, -0.2) is 33.9 Å². The van der Waals surface area contributed by atoms with Gasteiger partial charge >= 0.3 is 0 Å². The number of rotatable bonds is 6. The maximum absolute atomic E-state index is 11.4. The molecule has 0 bridgehead atoms. The molecule has 0 amide bonds. The molecule has 0 radical (unpaired) electrons. The Hall–Kier alpha value is -1.07. The molecule has 0 atom stereocenters. The number of nitrogens with one attached hydrogen (secondary N) is 1. The Bertz CT molecular complexity index is 517. The molecule has 118 valence electrons. The van der Waals surface area contributed by atoms with Gasteiger partial charge in [-0.05, 0) is 37.1 Å². The Labute approximate surface area is 127 Å². The van der Waals surface area contributed by atoms with E-state index in [0.29, 0.717) is 23.3 Å². The van der Waals surface area contributed by atoms with E-state index >= 15 is 0 Å². The average Bonchev–Trinajstić information content (AvgIpc) is 2.72. The maximum atomic E-state index is 11.4. The third kappa shape index (κ3) is 5.67. The number of sulfone groups is 1. The zero-order valence-corrected chi connectivity index (χ0v) is 13.5. The predicted molar refractivity (Wildman–Crippen MR) is 84.5 cm³/mol. The van der Waals surface area contributed by atoms with Crippen molar-refractivity contribution in [3.05, 3.63) is 24.3 Å². The zero-order valence-electron chi connectivity index (χ0n) is 12.7. The van der Waals surface area contributed by atoms with Gasteiger partial charge in [0.1, 0.15) is 12.4 Å². The van der Waals surface area contributed by atoms with Crippen LogP contribution in [0.4, 0.5) is 0 Å². The van der Waals surface area contributed by atoms with Gasteiger partial charge < -0.3 is 10.1 Å². The first-order chi connectivity index (χ1) is 10.1. The highest BCUT2D eigenvalue weighted by Gasteiger charge is 2.11. The van der Waals surface area contributed by atoms with Crippen LogP contribution in [0.1, 0.15) is 38.5 Å². The summed E-state index contributed by atoms with van der Waals surface area (Å²) in [6.45, 7) is 1.44. The molecule has 1 aliphatic carbocycles. The van der Waals surface area contributed by atoms with Gasteiger partial charge in [-0.3, -0.25) is 0 Å². The number of hydrogen-bond donors (Lipinski definition) is 1. The fourth-order valence-corrected chi connectivity index (χ4v) is 3.33. The van der Waals surface area contributed by atoms with E-state index in [-0.39, 0.29) is 0 Å². The largest absolute Gasteiger partial charge is 0.492 e. The SMILES string of the molecule is CS(=O)(=O)c1ccc(OCCNC2CCCCCC2)cc1. The first kappa shape index (κ1) is 16.3. The van der Waals surface area contributed by atoms with Gasteiger partial charge in [0, 0.05) is 18.8 Å². The van der Waals surface area contributed by atoms with E-state index in [1.807, 2.05) is 0 Å². The van der Waals surface area contributed by atoms with Gasteiger partial charge in [0.05, 0.1) is 4.90 Å². The Morgan fingerprint density at radius 2 is 1.71 bits per heavy atom. The van der Waals surface area contributed by atoms with Gasteiger partial charge in [-0.15, -0.1) is 0 Å². The van der Waals surface area contributed by atoms with Crippen LogP contribution >= 0.6 is 0 Å². The summed E-state index contributed by atoms with van der Waals surface area (Å²) in [5.41, 5.74) is 0. The monoisotopic (exact) mass is 311 g/mol. The minimum atomic E-state index is -3.13. The summed E-state index contributed by atoms with van der Waals surface area (Å²) in [5, 5.41) is 3.55. The second kappa shape index (κ2) is 7.80. The second-order valence-electron chi connectivity index (χ2n) is 5.73. The molecule has 1 fully saturated rings. The molecule has 0 aromatic heterocycles. The lowest BCUT2D eigenvalue weighted by Gasteiger charge is -2.16. The molecular weight excluding hydrogens is 286 g/mol. The molecule has 1 N–H and O–H groups in total. The molecule has 0 saturated heterocycles. The van der Waals surface area contributed by atoms with Gasteiger partial charge in [-0.25, -0.2) is 8.42 Å². The molecule has 21 heavy (non-hydrogen) atoms. The van der Waals surface area contributed by atoms with Crippen LogP contribution in [-0.2, 0) is 9.84 Å². The minimum Gasteiger partial charge on any atom is -0.492 e. The summed E-state index contributed by atoms with van der Waals surface area (Å²) < 4.78 is 28.4. The number of ether oxygens (including phenoxy) is 1. The van der Waals surface area contributed by atoms with E-state index < -0.39 is 9.84 Å². The molecule has 1 aromatic rings. The molecule has 1 saturated carbocycles. The Balaban J connectivity index is 1.71. The highest BCUT2D eigenvalue weighted by Crippen LogP contribution is 2.17. The molecular formula is C16H25NO3S. The van der Waals surface area contributed by atoms with Crippen LogP contribution in [0.2, 0.25) is 0 Å². The summed E-state index contributed by atoms with van der Waals surface area (Å²) in [7, 11) is -3.13. The molecule has 1 aliphatic rings. The third-order valence-corrected chi connectivity index (χ3v) is 5.04. The highest BCUT2D eigenvalue weighted by atomic mass is 32.2. The minimum absolute atomic E-state index is 0.325. The molecule has 0 unspecified atom stereocenters. The van der Waals surface area contributed by atoms with E-state index in [1.54, 1.807) is 24.3 Å². The van der Waals surface area contributed by atoms with Crippen molar-refractivity contribution in [2.45, 2.75) is 49.5 Å². The molecule has 1 aromatic carbocycles. The summed E-state index contributed by atoms with van der Waals surface area (Å²) in [6.07, 6.45) is 9.12. The lowest BCUT2D eigenvalue weighted by atomic mass is 10.1. The number of benzene rings is 1.